The van der Waals surface area contributed by atoms with Gasteiger partial charge in [0, 0.05) is 12.1 Å². The van der Waals surface area contributed by atoms with E-state index in [1.54, 1.807) is 0 Å². The van der Waals surface area contributed by atoms with Crippen molar-refractivity contribution in [3.05, 3.63) is 17.2 Å². The quantitative estimate of drug-likeness (QED) is 0.558. The molecule has 0 aliphatic heterocycles. The summed E-state index contributed by atoms with van der Waals surface area (Å²) < 4.78 is 0. The van der Waals surface area contributed by atoms with Gasteiger partial charge in [-0.25, -0.2) is 0 Å². The average molecular weight is 257 g/mol. The summed E-state index contributed by atoms with van der Waals surface area (Å²) in [4.78, 5) is 0. The van der Waals surface area contributed by atoms with Crippen LogP contribution in [0, 0.1) is 22.7 Å². The van der Waals surface area contributed by atoms with Crippen LogP contribution in [0.1, 0.15) is 43.2 Å². The summed E-state index contributed by atoms with van der Waals surface area (Å²) in [6, 6.07) is 5.18. The van der Waals surface area contributed by atoms with E-state index in [2.05, 4.69) is 5.32 Å². The van der Waals surface area contributed by atoms with Crippen molar-refractivity contribution in [2.45, 2.75) is 38.1 Å². The summed E-state index contributed by atoms with van der Waals surface area (Å²) in [5.41, 5.74) is 0.437. The number of hydrogen-bond donors (Lipinski definition) is 3. The van der Waals surface area contributed by atoms with Gasteiger partial charge in [0.15, 0.2) is 11.5 Å². The van der Waals surface area contributed by atoms with Gasteiger partial charge in [0.2, 0.25) is 0 Å². The smallest absolute Gasteiger partial charge is 0.177 e. The molecule has 0 unspecified atom stereocenters. The number of hydrogen-bond acceptors (Lipinski definition) is 5. The predicted molar refractivity (Wildman–Crippen MR) is 69.7 cm³/mol. The zero-order valence-electron chi connectivity index (χ0n) is 10.5. The third kappa shape index (κ3) is 2.56. The van der Waals surface area contributed by atoms with Crippen LogP contribution in [0.15, 0.2) is 6.07 Å². The molecule has 3 N–H and O–H groups in total. The number of nitriles is 2. The van der Waals surface area contributed by atoms with E-state index in [0.29, 0.717) is 5.69 Å². The van der Waals surface area contributed by atoms with E-state index in [1.807, 2.05) is 12.1 Å². The highest BCUT2D eigenvalue weighted by Gasteiger charge is 2.21. The van der Waals surface area contributed by atoms with Crippen molar-refractivity contribution in [3.63, 3.8) is 0 Å². The molecule has 0 atom stereocenters. The maximum Gasteiger partial charge on any atom is 0.177 e. The Labute approximate surface area is 111 Å². The van der Waals surface area contributed by atoms with Crippen LogP contribution in [-0.2, 0) is 0 Å². The Hall–Kier alpha value is -2.40. The van der Waals surface area contributed by atoms with E-state index in [4.69, 9.17) is 10.5 Å². The number of nitrogens with one attached hydrogen (secondary N) is 1. The molecule has 0 bridgehead atoms. The molecule has 19 heavy (non-hydrogen) atoms. The van der Waals surface area contributed by atoms with Crippen molar-refractivity contribution in [3.8, 4) is 23.6 Å². The first-order valence-corrected chi connectivity index (χ1v) is 6.33. The Morgan fingerprint density at radius 2 is 1.79 bits per heavy atom. The molecule has 0 spiro atoms. The van der Waals surface area contributed by atoms with Crippen LogP contribution in [0.25, 0.3) is 0 Å². The van der Waals surface area contributed by atoms with Crippen molar-refractivity contribution in [2.24, 2.45) is 0 Å². The SMILES string of the molecule is N#Cc1cc(O)c(O)c(C#N)c1NC1CCCCC1. The van der Waals surface area contributed by atoms with E-state index >= 15 is 0 Å². The number of aromatic hydroxyl groups is 2. The number of phenols is 2. The van der Waals surface area contributed by atoms with Gasteiger partial charge < -0.3 is 15.5 Å². The summed E-state index contributed by atoms with van der Waals surface area (Å²) in [6.45, 7) is 0. The first-order chi connectivity index (χ1) is 9.17. The number of benzene rings is 1. The first-order valence-electron chi connectivity index (χ1n) is 6.33. The van der Waals surface area contributed by atoms with Gasteiger partial charge in [0.05, 0.1) is 11.3 Å². The van der Waals surface area contributed by atoms with Gasteiger partial charge in [0.25, 0.3) is 0 Å². The lowest BCUT2D eigenvalue weighted by Gasteiger charge is -2.25. The second-order valence-electron chi connectivity index (χ2n) is 4.74. The number of rotatable bonds is 2. The molecule has 1 aromatic carbocycles. The maximum absolute atomic E-state index is 9.71. The molecule has 0 saturated heterocycles. The van der Waals surface area contributed by atoms with Crippen LogP contribution < -0.4 is 5.32 Å². The lowest BCUT2D eigenvalue weighted by molar-refractivity contribution is 0.402. The molecule has 1 fully saturated rings. The molecule has 1 aliphatic rings. The topological polar surface area (TPSA) is 100 Å². The molecule has 98 valence electrons. The summed E-state index contributed by atoms with van der Waals surface area (Å²) in [7, 11) is 0. The molecule has 2 rings (SSSR count). The fourth-order valence-corrected chi connectivity index (χ4v) is 2.46. The lowest BCUT2D eigenvalue weighted by atomic mass is 9.94. The van der Waals surface area contributed by atoms with Gasteiger partial charge >= 0.3 is 0 Å². The molecule has 1 aliphatic carbocycles. The van der Waals surface area contributed by atoms with Gasteiger partial charge in [-0.3, -0.25) is 0 Å². The molecular formula is C14H15N3O2. The lowest BCUT2D eigenvalue weighted by Crippen LogP contribution is -2.23. The van der Waals surface area contributed by atoms with Crippen LogP contribution in [0.3, 0.4) is 0 Å². The normalized spacial score (nSPS) is 15.5. The Bertz CT molecular complexity index is 564. The van der Waals surface area contributed by atoms with Gasteiger partial charge in [-0.15, -0.1) is 0 Å². The Morgan fingerprint density at radius 1 is 1.11 bits per heavy atom. The monoisotopic (exact) mass is 257 g/mol. The highest BCUT2D eigenvalue weighted by Crippen LogP contribution is 2.37. The minimum absolute atomic E-state index is 0.0675. The summed E-state index contributed by atoms with van der Waals surface area (Å²) in [6.07, 6.45) is 5.40. The van der Waals surface area contributed by atoms with Crippen molar-refractivity contribution in [2.75, 3.05) is 5.32 Å². The molecule has 0 heterocycles. The number of phenolic OH excluding ortho intramolecular Hbond substituents is 2. The van der Waals surface area contributed by atoms with Gasteiger partial charge in [-0.05, 0) is 12.8 Å². The van der Waals surface area contributed by atoms with Crippen molar-refractivity contribution >= 4 is 5.69 Å². The minimum atomic E-state index is -0.472. The molecule has 0 amide bonds. The third-order valence-electron chi connectivity index (χ3n) is 3.47. The van der Waals surface area contributed by atoms with Gasteiger partial charge in [-0.1, -0.05) is 19.3 Å². The average Bonchev–Trinajstić information content (AvgIpc) is 2.44. The molecule has 1 saturated carbocycles. The highest BCUT2D eigenvalue weighted by molar-refractivity contribution is 5.74. The zero-order chi connectivity index (χ0) is 13.8. The van der Waals surface area contributed by atoms with E-state index in [1.165, 1.54) is 12.5 Å². The summed E-state index contributed by atoms with van der Waals surface area (Å²) >= 11 is 0. The predicted octanol–water partition coefficient (Wildman–Crippen LogP) is 2.59. The highest BCUT2D eigenvalue weighted by atomic mass is 16.3. The third-order valence-corrected chi connectivity index (χ3v) is 3.47. The standard InChI is InChI=1S/C14H15N3O2/c15-7-9-6-12(18)14(19)11(8-16)13(9)17-10-4-2-1-3-5-10/h6,10,17-19H,1-5H2. The zero-order valence-corrected chi connectivity index (χ0v) is 10.5. The molecule has 5 heteroatoms. The van der Waals surface area contributed by atoms with Crippen molar-refractivity contribution in [1.29, 1.82) is 10.5 Å². The fraction of sp³-hybridized carbons (Fsp3) is 0.429. The largest absolute Gasteiger partial charge is 0.504 e. The van der Waals surface area contributed by atoms with Crippen LogP contribution in [0.4, 0.5) is 5.69 Å². The Morgan fingerprint density at radius 3 is 2.37 bits per heavy atom. The van der Waals surface area contributed by atoms with Crippen molar-refractivity contribution < 1.29 is 10.2 Å². The van der Waals surface area contributed by atoms with Crippen LogP contribution in [0.5, 0.6) is 11.5 Å². The molecule has 0 aromatic heterocycles. The summed E-state index contributed by atoms with van der Waals surface area (Å²) in [5, 5.41) is 40.6. The van der Waals surface area contributed by atoms with Gasteiger partial charge in [-0.2, -0.15) is 10.5 Å². The minimum Gasteiger partial charge on any atom is -0.504 e. The summed E-state index contributed by atoms with van der Waals surface area (Å²) in [5.74, 6) is -0.915. The Kier molecular flexibility index (Phi) is 3.77. The van der Waals surface area contributed by atoms with Crippen LogP contribution in [0.2, 0.25) is 0 Å². The Balaban J connectivity index is 2.40. The number of anilines is 1. The van der Waals surface area contributed by atoms with E-state index in [-0.39, 0.29) is 17.2 Å². The van der Waals surface area contributed by atoms with Crippen LogP contribution in [-0.4, -0.2) is 16.3 Å². The van der Waals surface area contributed by atoms with E-state index in [0.717, 1.165) is 25.7 Å². The fourth-order valence-electron chi connectivity index (χ4n) is 2.46. The van der Waals surface area contributed by atoms with E-state index < -0.39 is 11.5 Å². The maximum atomic E-state index is 9.71. The first kappa shape index (κ1) is 13.0. The molecule has 0 radical (unpaired) electrons. The molecular weight excluding hydrogens is 242 g/mol. The number of nitrogens with zero attached hydrogens (tertiary/aromatic N) is 2. The second-order valence-corrected chi connectivity index (χ2v) is 4.74. The molecule has 1 aromatic rings. The van der Waals surface area contributed by atoms with Crippen LogP contribution >= 0.6 is 0 Å². The van der Waals surface area contributed by atoms with Crippen molar-refractivity contribution in [1.82, 2.24) is 0 Å². The van der Waals surface area contributed by atoms with E-state index in [9.17, 15) is 10.2 Å². The van der Waals surface area contributed by atoms with Gasteiger partial charge in [0.1, 0.15) is 17.7 Å². The second kappa shape index (κ2) is 5.49. The molecule has 5 nitrogen and oxygen atoms in total.